The van der Waals surface area contributed by atoms with Gasteiger partial charge in [-0.05, 0) is 43.7 Å². The van der Waals surface area contributed by atoms with Gasteiger partial charge >= 0.3 is 5.97 Å². The number of carboxylic acids is 1. The van der Waals surface area contributed by atoms with E-state index in [1.807, 2.05) is 32.0 Å². The molecule has 0 unspecified atom stereocenters. The van der Waals surface area contributed by atoms with Crippen LogP contribution in [0.2, 0.25) is 0 Å². The second-order valence-corrected chi connectivity index (χ2v) is 7.48. The second-order valence-electron chi connectivity index (χ2n) is 6.36. The summed E-state index contributed by atoms with van der Waals surface area (Å²) in [6.07, 6.45) is 0.268. The minimum atomic E-state index is -0.988. The van der Waals surface area contributed by atoms with Crippen LogP contribution in [0.4, 0.5) is 0 Å². The highest BCUT2D eigenvalue weighted by Gasteiger charge is 2.11. The lowest BCUT2D eigenvalue weighted by atomic mass is 10.1. The molecule has 0 aliphatic carbocycles. The molecule has 1 aromatic heterocycles. The first-order valence-electron chi connectivity index (χ1n) is 8.56. The number of thiazole rings is 1. The molecule has 0 aliphatic heterocycles. The average molecular weight is 384 g/mol. The molecule has 3 aromatic rings. The van der Waals surface area contributed by atoms with Crippen LogP contribution in [0.25, 0.3) is 10.2 Å². The first kappa shape index (κ1) is 18.8. The van der Waals surface area contributed by atoms with Gasteiger partial charge in [0.2, 0.25) is 5.91 Å². The third-order valence-electron chi connectivity index (χ3n) is 3.75. The molecule has 3 rings (SSSR count). The second kappa shape index (κ2) is 8.18. The number of carbonyl (C=O) groups excluding carboxylic acids is 1. The predicted octanol–water partition coefficient (Wildman–Crippen LogP) is 3.64. The molecule has 0 atom stereocenters. The minimum absolute atomic E-state index is 0.0889. The first-order chi connectivity index (χ1) is 12.9. The van der Waals surface area contributed by atoms with Gasteiger partial charge in [0.1, 0.15) is 10.8 Å². The Bertz CT molecular complexity index is 981. The zero-order chi connectivity index (χ0) is 19.4. The number of nitrogens with one attached hydrogen (secondary N) is 1. The Kier molecular flexibility index (Phi) is 5.71. The van der Waals surface area contributed by atoms with Crippen LogP contribution in [0.1, 0.15) is 34.8 Å². The van der Waals surface area contributed by atoms with Crippen molar-refractivity contribution in [1.82, 2.24) is 10.3 Å². The van der Waals surface area contributed by atoms with E-state index in [4.69, 9.17) is 9.84 Å². The van der Waals surface area contributed by atoms with Gasteiger partial charge in [-0.3, -0.25) is 4.79 Å². The topological polar surface area (TPSA) is 88.5 Å². The molecule has 0 fully saturated rings. The van der Waals surface area contributed by atoms with E-state index < -0.39 is 5.97 Å². The number of aromatic carboxylic acids is 1. The highest BCUT2D eigenvalue weighted by molar-refractivity contribution is 7.18. The molecular formula is C20H20N2O4S. The summed E-state index contributed by atoms with van der Waals surface area (Å²) in [7, 11) is 0. The normalized spacial score (nSPS) is 10.9. The van der Waals surface area contributed by atoms with Gasteiger partial charge in [-0.25, -0.2) is 9.78 Å². The summed E-state index contributed by atoms with van der Waals surface area (Å²) in [5.74, 6) is -0.385. The van der Waals surface area contributed by atoms with Crippen LogP contribution in [-0.4, -0.2) is 28.1 Å². The number of fused-ring (bicyclic) bond motifs is 1. The number of aromatic nitrogens is 1. The summed E-state index contributed by atoms with van der Waals surface area (Å²) in [5, 5.41) is 12.5. The van der Waals surface area contributed by atoms with E-state index in [1.54, 1.807) is 18.2 Å². The molecule has 1 heterocycles. The Morgan fingerprint density at radius 2 is 2.04 bits per heavy atom. The highest BCUT2D eigenvalue weighted by atomic mass is 32.1. The van der Waals surface area contributed by atoms with Crippen molar-refractivity contribution in [1.29, 1.82) is 0 Å². The van der Waals surface area contributed by atoms with Crippen molar-refractivity contribution in [3.8, 4) is 5.75 Å². The molecule has 140 valence electrons. The van der Waals surface area contributed by atoms with Crippen LogP contribution in [0.5, 0.6) is 5.75 Å². The van der Waals surface area contributed by atoms with Crippen molar-refractivity contribution < 1.29 is 19.4 Å². The molecule has 0 saturated carbocycles. The van der Waals surface area contributed by atoms with E-state index in [1.165, 1.54) is 17.4 Å². The van der Waals surface area contributed by atoms with Crippen molar-refractivity contribution in [3.63, 3.8) is 0 Å². The minimum Gasteiger partial charge on any atom is -0.491 e. The van der Waals surface area contributed by atoms with Crippen LogP contribution in [-0.2, 0) is 17.8 Å². The zero-order valence-corrected chi connectivity index (χ0v) is 15.9. The van der Waals surface area contributed by atoms with E-state index >= 15 is 0 Å². The standard InChI is InChI=1S/C20H20N2O4S/c1-12(2)26-15-6-7-17-16(9-15)22-19(27-17)10-18(23)21-11-13-4-3-5-14(8-13)20(24)25/h3-9,12H,10-11H2,1-2H3,(H,21,23)(H,24,25). The van der Waals surface area contributed by atoms with Crippen LogP contribution in [0.15, 0.2) is 42.5 Å². The number of hydrogen-bond acceptors (Lipinski definition) is 5. The van der Waals surface area contributed by atoms with Crippen molar-refractivity contribution in [2.45, 2.75) is 32.9 Å². The SMILES string of the molecule is CC(C)Oc1ccc2sc(CC(=O)NCc3cccc(C(=O)O)c3)nc2c1. The fraction of sp³-hybridized carbons (Fsp3) is 0.250. The van der Waals surface area contributed by atoms with Crippen LogP contribution in [0, 0.1) is 0 Å². The molecule has 0 spiro atoms. The summed E-state index contributed by atoms with van der Waals surface area (Å²) in [6.45, 7) is 4.21. The van der Waals surface area contributed by atoms with Crippen LogP contribution in [0.3, 0.4) is 0 Å². The Hall–Kier alpha value is -2.93. The lowest BCUT2D eigenvalue weighted by Crippen LogP contribution is -2.24. The Morgan fingerprint density at radius 1 is 1.22 bits per heavy atom. The Morgan fingerprint density at radius 3 is 2.78 bits per heavy atom. The fourth-order valence-electron chi connectivity index (χ4n) is 2.59. The molecule has 2 aromatic carbocycles. The molecule has 6 nitrogen and oxygen atoms in total. The Labute approximate surface area is 160 Å². The number of hydrogen-bond donors (Lipinski definition) is 2. The molecule has 0 saturated heterocycles. The van der Waals surface area contributed by atoms with Crippen molar-refractivity contribution >= 4 is 33.4 Å². The summed E-state index contributed by atoms with van der Waals surface area (Å²) in [6, 6.07) is 12.2. The van der Waals surface area contributed by atoms with E-state index in [9.17, 15) is 9.59 Å². The van der Waals surface area contributed by atoms with E-state index in [0.717, 1.165) is 26.5 Å². The van der Waals surface area contributed by atoms with Gasteiger partial charge < -0.3 is 15.2 Å². The lowest BCUT2D eigenvalue weighted by Gasteiger charge is -2.08. The van der Waals surface area contributed by atoms with Gasteiger partial charge in [-0.1, -0.05) is 12.1 Å². The van der Waals surface area contributed by atoms with E-state index in [-0.39, 0.29) is 30.5 Å². The molecule has 7 heteroatoms. The summed E-state index contributed by atoms with van der Waals surface area (Å²) in [4.78, 5) is 27.7. The van der Waals surface area contributed by atoms with Crippen molar-refractivity contribution in [2.24, 2.45) is 0 Å². The number of carboxylic acid groups (broad SMARTS) is 1. The molecule has 0 radical (unpaired) electrons. The molecule has 27 heavy (non-hydrogen) atoms. The van der Waals surface area contributed by atoms with Crippen molar-refractivity contribution in [3.05, 3.63) is 58.6 Å². The Balaban J connectivity index is 1.62. The summed E-state index contributed by atoms with van der Waals surface area (Å²) >= 11 is 1.48. The molecule has 0 aliphatic rings. The number of carbonyl (C=O) groups is 2. The fourth-order valence-corrected chi connectivity index (χ4v) is 3.54. The zero-order valence-electron chi connectivity index (χ0n) is 15.1. The van der Waals surface area contributed by atoms with Crippen LogP contribution < -0.4 is 10.1 Å². The maximum Gasteiger partial charge on any atom is 0.335 e. The van der Waals surface area contributed by atoms with Gasteiger partial charge in [-0.2, -0.15) is 0 Å². The number of rotatable bonds is 7. The number of amides is 1. The highest BCUT2D eigenvalue weighted by Crippen LogP contribution is 2.26. The molecule has 0 bridgehead atoms. The molecular weight excluding hydrogens is 364 g/mol. The van der Waals surface area contributed by atoms with Crippen LogP contribution >= 0.6 is 11.3 Å². The van der Waals surface area contributed by atoms with Gasteiger partial charge in [0, 0.05) is 12.6 Å². The largest absolute Gasteiger partial charge is 0.491 e. The number of ether oxygens (including phenoxy) is 1. The third-order valence-corrected chi connectivity index (χ3v) is 4.79. The third kappa shape index (κ3) is 5.04. The van der Waals surface area contributed by atoms with Gasteiger partial charge in [0.15, 0.2) is 0 Å². The van der Waals surface area contributed by atoms with E-state index in [2.05, 4.69) is 10.3 Å². The van der Waals surface area contributed by atoms with Gasteiger partial charge in [0.25, 0.3) is 0 Å². The van der Waals surface area contributed by atoms with E-state index in [0.29, 0.717) is 0 Å². The smallest absolute Gasteiger partial charge is 0.335 e. The van der Waals surface area contributed by atoms with Gasteiger partial charge in [-0.15, -0.1) is 11.3 Å². The number of nitrogens with zero attached hydrogens (tertiary/aromatic N) is 1. The van der Waals surface area contributed by atoms with Gasteiger partial charge in [0.05, 0.1) is 28.3 Å². The summed E-state index contributed by atoms with van der Waals surface area (Å²) in [5.41, 5.74) is 1.76. The lowest BCUT2D eigenvalue weighted by molar-refractivity contribution is -0.120. The van der Waals surface area contributed by atoms with Crippen molar-refractivity contribution in [2.75, 3.05) is 0 Å². The molecule has 1 amide bonds. The molecule has 2 N–H and O–H groups in total. The average Bonchev–Trinajstić information content (AvgIpc) is 3.01. The summed E-state index contributed by atoms with van der Waals surface area (Å²) < 4.78 is 6.67. The first-order valence-corrected chi connectivity index (χ1v) is 9.37. The maximum atomic E-state index is 12.2. The monoisotopic (exact) mass is 384 g/mol. The predicted molar refractivity (Wildman–Crippen MR) is 104 cm³/mol. The number of benzene rings is 2. The quantitative estimate of drug-likeness (QED) is 0.649. The maximum absolute atomic E-state index is 12.2.